The summed E-state index contributed by atoms with van der Waals surface area (Å²) in [7, 11) is -5.49. The summed E-state index contributed by atoms with van der Waals surface area (Å²) in [5.41, 5.74) is -1.41. The van der Waals surface area contributed by atoms with Crippen molar-refractivity contribution in [3.63, 3.8) is 0 Å². The highest BCUT2D eigenvalue weighted by Gasteiger charge is 2.51. The Morgan fingerprint density at radius 3 is 2.58 bits per heavy atom. The Kier molecular flexibility index (Phi) is 6.49. The van der Waals surface area contributed by atoms with Gasteiger partial charge in [0.15, 0.2) is 0 Å². The molecule has 0 fully saturated rings. The van der Waals surface area contributed by atoms with Crippen LogP contribution in [0, 0.1) is 6.92 Å². The number of benzene rings is 2. The first-order valence-corrected chi connectivity index (χ1v) is 12.0. The fourth-order valence-corrected chi connectivity index (χ4v) is 5.20. The first kappa shape index (κ1) is 23.3. The number of aromatic nitrogens is 2. The third-order valence-corrected chi connectivity index (χ3v) is 7.43. The van der Waals surface area contributed by atoms with Gasteiger partial charge in [-0.05, 0) is 37.0 Å². The van der Waals surface area contributed by atoms with Crippen LogP contribution in [0.15, 0.2) is 61.1 Å². The largest absolute Gasteiger partial charge is 0.511 e. The molecule has 0 aliphatic carbocycles. The summed E-state index contributed by atoms with van der Waals surface area (Å²) in [6, 6.07) is 14.7. The van der Waals surface area contributed by atoms with Gasteiger partial charge in [0.1, 0.15) is 0 Å². The van der Waals surface area contributed by atoms with Crippen molar-refractivity contribution < 1.29 is 21.6 Å². The number of imidazole rings is 1. The molecule has 10 heteroatoms. The third kappa shape index (κ3) is 5.06. The lowest BCUT2D eigenvalue weighted by Crippen LogP contribution is -2.47. The fraction of sp³-hybridized carbons (Fsp3) is 0.348. The maximum atomic E-state index is 13.5. The maximum Gasteiger partial charge on any atom is 0.511 e. The van der Waals surface area contributed by atoms with Crippen molar-refractivity contribution in [1.82, 2.24) is 14.3 Å². The zero-order valence-electron chi connectivity index (χ0n) is 18.1. The number of fused-ring (bicyclic) bond motifs is 1. The topological polar surface area (TPSA) is 69.3 Å². The van der Waals surface area contributed by atoms with Gasteiger partial charge in [0.25, 0.3) is 0 Å². The summed E-state index contributed by atoms with van der Waals surface area (Å²) in [6.45, 7) is 1.60. The lowest BCUT2D eigenvalue weighted by atomic mass is 10.0. The average Bonchev–Trinajstić information content (AvgIpc) is 3.22. The lowest BCUT2D eigenvalue weighted by Gasteiger charge is -2.34. The number of anilines is 1. The summed E-state index contributed by atoms with van der Waals surface area (Å²) < 4.78 is 66.1. The molecule has 33 heavy (non-hydrogen) atoms. The van der Waals surface area contributed by atoms with Crippen molar-refractivity contribution in [2.45, 2.75) is 44.4 Å². The Bertz CT molecular complexity index is 1180. The van der Waals surface area contributed by atoms with Gasteiger partial charge in [0.2, 0.25) is 0 Å². The quantitative estimate of drug-likeness (QED) is 0.571. The van der Waals surface area contributed by atoms with Crippen molar-refractivity contribution in [1.29, 1.82) is 0 Å². The van der Waals surface area contributed by atoms with E-state index < -0.39 is 21.6 Å². The van der Waals surface area contributed by atoms with E-state index in [1.54, 1.807) is 18.6 Å². The third-order valence-electron chi connectivity index (χ3n) is 5.88. The molecule has 0 spiro atoms. The highest BCUT2D eigenvalue weighted by molar-refractivity contribution is 7.89. The first-order chi connectivity index (χ1) is 15.6. The SMILES string of the molecule is Cc1ccc2c(c1)CN(S(=O)(=O)C(F)(F)F)C[C@H](CCc1ccccc1)N2Cc1cnc[nH]1. The summed E-state index contributed by atoms with van der Waals surface area (Å²) in [5.74, 6) is 0. The Morgan fingerprint density at radius 2 is 1.91 bits per heavy atom. The molecule has 2 heterocycles. The van der Waals surface area contributed by atoms with Crippen LogP contribution in [0.4, 0.5) is 18.9 Å². The summed E-state index contributed by atoms with van der Waals surface area (Å²) in [4.78, 5) is 9.09. The van der Waals surface area contributed by atoms with Crippen molar-refractivity contribution in [2.75, 3.05) is 11.4 Å². The second-order valence-corrected chi connectivity index (χ2v) is 10.2. The minimum atomic E-state index is -5.49. The normalized spacial score (nSPS) is 17.6. The first-order valence-electron chi connectivity index (χ1n) is 10.6. The second-order valence-electron chi connectivity index (χ2n) is 8.26. The maximum absolute atomic E-state index is 13.5. The smallest absolute Gasteiger partial charge is 0.361 e. The van der Waals surface area contributed by atoms with Gasteiger partial charge in [-0.1, -0.05) is 48.0 Å². The standard InChI is InChI=1S/C23H25F3N4O2S/c1-17-7-10-22-19(11-17)13-29(33(31,32)23(24,25)26)15-21(9-8-18-5-3-2-4-6-18)30(22)14-20-12-27-16-28-20/h2-7,10-12,16,21H,8-9,13-15H2,1H3,(H,27,28)/t21-/m0/s1. The van der Waals surface area contributed by atoms with E-state index >= 15 is 0 Å². The van der Waals surface area contributed by atoms with Crippen molar-refractivity contribution in [2.24, 2.45) is 0 Å². The molecule has 1 aromatic heterocycles. The van der Waals surface area contributed by atoms with E-state index in [0.29, 0.717) is 29.3 Å². The molecule has 2 aromatic carbocycles. The minimum Gasteiger partial charge on any atom is -0.361 e. The molecule has 176 valence electrons. The highest BCUT2D eigenvalue weighted by Crippen LogP contribution is 2.36. The van der Waals surface area contributed by atoms with Crippen molar-refractivity contribution >= 4 is 15.7 Å². The van der Waals surface area contributed by atoms with E-state index in [9.17, 15) is 21.6 Å². The van der Waals surface area contributed by atoms with Crippen LogP contribution >= 0.6 is 0 Å². The van der Waals surface area contributed by atoms with E-state index in [4.69, 9.17) is 0 Å². The van der Waals surface area contributed by atoms with Crippen LogP contribution in [-0.4, -0.2) is 40.8 Å². The lowest BCUT2D eigenvalue weighted by molar-refractivity contribution is -0.0492. The highest BCUT2D eigenvalue weighted by atomic mass is 32.2. The molecule has 0 unspecified atom stereocenters. The molecule has 0 saturated carbocycles. The Hall–Kier alpha value is -2.85. The zero-order chi connectivity index (χ0) is 23.6. The Morgan fingerprint density at radius 1 is 1.15 bits per heavy atom. The molecule has 0 bridgehead atoms. The van der Waals surface area contributed by atoms with Crippen LogP contribution in [-0.2, 0) is 29.5 Å². The van der Waals surface area contributed by atoms with E-state index in [2.05, 4.69) is 9.97 Å². The van der Waals surface area contributed by atoms with Crippen LogP contribution in [0.2, 0.25) is 0 Å². The molecular weight excluding hydrogens is 453 g/mol. The van der Waals surface area contributed by atoms with E-state index in [1.165, 1.54) is 0 Å². The Labute approximate surface area is 191 Å². The van der Waals surface area contributed by atoms with Crippen LogP contribution in [0.3, 0.4) is 0 Å². The van der Waals surface area contributed by atoms with Crippen LogP contribution in [0.1, 0.15) is 28.8 Å². The number of hydrogen-bond donors (Lipinski definition) is 1. The van der Waals surface area contributed by atoms with Gasteiger partial charge in [-0.25, -0.2) is 13.4 Å². The number of nitrogens with one attached hydrogen (secondary N) is 1. The zero-order valence-corrected chi connectivity index (χ0v) is 18.9. The van der Waals surface area contributed by atoms with Crippen LogP contribution in [0.25, 0.3) is 0 Å². The average molecular weight is 479 g/mol. The predicted molar refractivity (Wildman–Crippen MR) is 120 cm³/mol. The molecule has 1 N–H and O–H groups in total. The van der Waals surface area contributed by atoms with E-state index in [0.717, 1.165) is 22.5 Å². The summed E-state index contributed by atoms with van der Waals surface area (Å²) in [6.07, 6.45) is 4.29. The number of sulfonamides is 1. The molecule has 0 radical (unpaired) electrons. The number of rotatable bonds is 6. The number of halogens is 3. The van der Waals surface area contributed by atoms with Crippen molar-refractivity contribution in [3.8, 4) is 0 Å². The number of hydrogen-bond acceptors (Lipinski definition) is 4. The molecule has 0 amide bonds. The van der Waals surface area contributed by atoms with E-state index in [1.807, 2.05) is 54.3 Å². The number of nitrogens with zero attached hydrogens (tertiary/aromatic N) is 3. The van der Waals surface area contributed by atoms with Gasteiger partial charge in [0, 0.05) is 31.0 Å². The molecule has 1 aliphatic rings. The molecule has 3 aromatic rings. The number of H-pyrrole nitrogens is 1. The summed E-state index contributed by atoms with van der Waals surface area (Å²) in [5, 5.41) is 0. The van der Waals surface area contributed by atoms with Gasteiger partial charge < -0.3 is 9.88 Å². The van der Waals surface area contributed by atoms with E-state index in [-0.39, 0.29) is 13.1 Å². The predicted octanol–water partition coefficient (Wildman–Crippen LogP) is 4.39. The number of aromatic amines is 1. The minimum absolute atomic E-state index is 0.267. The molecular formula is C23H25F3N4O2S. The number of aryl methyl sites for hydroxylation is 2. The van der Waals surface area contributed by atoms with Crippen molar-refractivity contribution in [3.05, 3.63) is 83.4 Å². The van der Waals surface area contributed by atoms with Gasteiger partial charge >= 0.3 is 15.5 Å². The van der Waals surface area contributed by atoms with Gasteiger partial charge in [-0.3, -0.25) is 0 Å². The molecule has 4 rings (SSSR count). The molecule has 6 nitrogen and oxygen atoms in total. The fourth-order valence-electron chi connectivity index (χ4n) is 4.23. The monoisotopic (exact) mass is 478 g/mol. The molecule has 1 aliphatic heterocycles. The molecule has 1 atom stereocenters. The number of alkyl halides is 3. The Balaban J connectivity index is 1.76. The van der Waals surface area contributed by atoms with Gasteiger partial charge in [0.05, 0.1) is 18.6 Å². The van der Waals surface area contributed by atoms with Gasteiger partial charge in [-0.2, -0.15) is 17.5 Å². The summed E-state index contributed by atoms with van der Waals surface area (Å²) >= 11 is 0. The van der Waals surface area contributed by atoms with Crippen LogP contribution in [0.5, 0.6) is 0 Å². The van der Waals surface area contributed by atoms with Crippen LogP contribution < -0.4 is 4.90 Å². The van der Waals surface area contributed by atoms with Gasteiger partial charge in [-0.15, -0.1) is 0 Å². The second kappa shape index (κ2) is 9.18. The molecule has 0 saturated heterocycles.